The molecular formula is C15H21ClFN. The van der Waals surface area contributed by atoms with Gasteiger partial charge in [-0.15, -0.1) is 6.58 Å². The molecule has 0 heterocycles. The highest BCUT2D eigenvalue weighted by atomic mass is 35.5. The average Bonchev–Trinajstić information content (AvgIpc) is 2.33. The molecule has 0 spiro atoms. The lowest BCUT2D eigenvalue weighted by atomic mass is 9.99. The number of hydrogen-bond acceptors (Lipinski definition) is 1. The summed E-state index contributed by atoms with van der Waals surface area (Å²) in [6.07, 6.45) is 2.84. The summed E-state index contributed by atoms with van der Waals surface area (Å²) in [5.74, 6) is -0.354. The van der Waals surface area contributed by atoms with Crippen molar-refractivity contribution in [2.24, 2.45) is 0 Å². The third-order valence-electron chi connectivity index (χ3n) is 2.86. The maximum atomic E-state index is 13.5. The topological polar surface area (TPSA) is 12.0 Å². The zero-order valence-corrected chi connectivity index (χ0v) is 11.9. The molecule has 3 heteroatoms. The fraction of sp³-hybridized carbons (Fsp3) is 0.467. The van der Waals surface area contributed by atoms with E-state index in [1.54, 1.807) is 6.07 Å². The lowest BCUT2D eigenvalue weighted by Crippen LogP contribution is -2.22. The van der Waals surface area contributed by atoms with Crippen LogP contribution in [0.4, 0.5) is 4.39 Å². The van der Waals surface area contributed by atoms with Crippen molar-refractivity contribution in [1.82, 2.24) is 5.32 Å². The van der Waals surface area contributed by atoms with Crippen molar-refractivity contribution >= 4 is 11.6 Å². The number of allylic oxidation sites excluding steroid dienone is 1. The van der Waals surface area contributed by atoms with Crippen LogP contribution in [-0.2, 0) is 0 Å². The SMILES string of the molecule is C=C(C)CCC(NCCC)c1cccc(F)c1Cl. The lowest BCUT2D eigenvalue weighted by Gasteiger charge is -2.20. The average molecular weight is 270 g/mol. The van der Waals surface area contributed by atoms with Gasteiger partial charge in [-0.25, -0.2) is 4.39 Å². The predicted octanol–water partition coefficient (Wildman–Crippen LogP) is 4.88. The van der Waals surface area contributed by atoms with Crippen molar-refractivity contribution in [3.8, 4) is 0 Å². The van der Waals surface area contributed by atoms with Gasteiger partial charge in [0.2, 0.25) is 0 Å². The molecule has 0 aromatic heterocycles. The largest absolute Gasteiger partial charge is 0.310 e. The minimum absolute atomic E-state index is 0.0878. The first-order valence-corrected chi connectivity index (χ1v) is 6.75. The van der Waals surface area contributed by atoms with E-state index in [2.05, 4.69) is 18.8 Å². The second kappa shape index (κ2) is 7.55. The first-order valence-electron chi connectivity index (χ1n) is 6.38. The van der Waals surface area contributed by atoms with Crippen LogP contribution in [0.2, 0.25) is 5.02 Å². The van der Waals surface area contributed by atoms with Crippen molar-refractivity contribution < 1.29 is 4.39 Å². The molecular weight excluding hydrogens is 249 g/mol. The smallest absolute Gasteiger partial charge is 0.142 e. The summed E-state index contributed by atoms with van der Waals surface area (Å²) < 4.78 is 13.5. The Labute approximate surface area is 114 Å². The summed E-state index contributed by atoms with van der Waals surface area (Å²) in [7, 11) is 0. The summed E-state index contributed by atoms with van der Waals surface area (Å²) in [5.41, 5.74) is 1.97. The zero-order valence-electron chi connectivity index (χ0n) is 11.1. The number of hydrogen-bond donors (Lipinski definition) is 1. The third-order valence-corrected chi connectivity index (χ3v) is 3.26. The van der Waals surface area contributed by atoms with E-state index in [0.29, 0.717) is 0 Å². The second-order valence-corrected chi connectivity index (χ2v) is 5.02. The van der Waals surface area contributed by atoms with Gasteiger partial charge in [0, 0.05) is 6.04 Å². The molecule has 1 atom stereocenters. The normalized spacial score (nSPS) is 12.4. The molecule has 0 aliphatic heterocycles. The fourth-order valence-corrected chi connectivity index (χ4v) is 2.12. The Morgan fingerprint density at radius 1 is 1.50 bits per heavy atom. The number of benzene rings is 1. The summed E-state index contributed by atoms with van der Waals surface area (Å²) in [6.45, 7) is 8.91. The number of nitrogens with one attached hydrogen (secondary N) is 1. The number of rotatable bonds is 7. The molecule has 0 radical (unpaired) electrons. The van der Waals surface area contributed by atoms with Crippen LogP contribution >= 0.6 is 11.6 Å². The van der Waals surface area contributed by atoms with Gasteiger partial charge in [0.05, 0.1) is 5.02 Å². The highest BCUT2D eigenvalue weighted by Gasteiger charge is 2.16. The summed E-state index contributed by atoms with van der Waals surface area (Å²) in [4.78, 5) is 0. The van der Waals surface area contributed by atoms with Crippen molar-refractivity contribution in [3.63, 3.8) is 0 Å². The number of halogens is 2. The minimum Gasteiger partial charge on any atom is -0.310 e. The molecule has 1 rings (SSSR count). The summed E-state index contributed by atoms with van der Waals surface area (Å²) in [5, 5.41) is 3.65. The van der Waals surface area contributed by atoms with E-state index < -0.39 is 0 Å². The summed E-state index contributed by atoms with van der Waals surface area (Å²) >= 11 is 6.04. The van der Waals surface area contributed by atoms with Gasteiger partial charge in [0.1, 0.15) is 5.82 Å². The Bertz CT molecular complexity index is 403. The molecule has 1 nitrogen and oxygen atoms in total. The van der Waals surface area contributed by atoms with E-state index in [-0.39, 0.29) is 16.9 Å². The molecule has 0 fully saturated rings. The van der Waals surface area contributed by atoms with Crippen LogP contribution in [0.3, 0.4) is 0 Å². The van der Waals surface area contributed by atoms with Gasteiger partial charge in [-0.05, 0) is 44.4 Å². The highest BCUT2D eigenvalue weighted by Crippen LogP contribution is 2.29. The Morgan fingerprint density at radius 2 is 2.22 bits per heavy atom. The van der Waals surface area contributed by atoms with E-state index >= 15 is 0 Å². The van der Waals surface area contributed by atoms with Crippen molar-refractivity contribution in [2.45, 2.75) is 39.2 Å². The first-order chi connectivity index (χ1) is 8.56. The first kappa shape index (κ1) is 15.2. The minimum atomic E-state index is -0.354. The molecule has 0 amide bonds. The van der Waals surface area contributed by atoms with E-state index in [1.807, 2.05) is 13.0 Å². The molecule has 1 aromatic carbocycles. The Kier molecular flexibility index (Phi) is 6.37. The monoisotopic (exact) mass is 269 g/mol. The standard InChI is InChI=1S/C15H21ClFN/c1-4-10-18-14(9-8-11(2)3)12-6-5-7-13(17)15(12)16/h5-7,14,18H,2,4,8-10H2,1,3H3. The van der Waals surface area contributed by atoms with Crippen LogP contribution in [0, 0.1) is 5.82 Å². The fourth-order valence-electron chi connectivity index (χ4n) is 1.87. The van der Waals surface area contributed by atoms with Gasteiger partial charge in [0.15, 0.2) is 0 Å². The molecule has 1 unspecified atom stereocenters. The van der Waals surface area contributed by atoms with Crippen molar-refractivity contribution in [1.29, 1.82) is 0 Å². The van der Waals surface area contributed by atoms with Crippen molar-refractivity contribution in [2.75, 3.05) is 6.54 Å². The molecule has 1 aromatic rings. The molecule has 18 heavy (non-hydrogen) atoms. The van der Waals surface area contributed by atoms with E-state index in [0.717, 1.165) is 36.9 Å². The van der Waals surface area contributed by atoms with Crippen molar-refractivity contribution in [3.05, 3.63) is 46.8 Å². The maximum Gasteiger partial charge on any atom is 0.142 e. The zero-order chi connectivity index (χ0) is 13.5. The summed E-state index contributed by atoms with van der Waals surface area (Å²) in [6, 6.07) is 5.07. The lowest BCUT2D eigenvalue weighted by molar-refractivity contribution is 0.495. The quantitative estimate of drug-likeness (QED) is 0.696. The van der Waals surface area contributed by atoms with Gasteiger partial charge < -0.3 is 5.32 Å². The molecule has 0 aliphatic carbocycles. The maximum absolute atomic E-state index is 13.5. The van der Waals surface area contributed by atoms with E-state index in [4.69, 9.17) is 11.6 Å². The van der Waals surface area contributed by atoms with Gasteiger partial charge in [-0.3, -0.25) is 0 Å². The van der Waals surface area contributed by atoms with Gasteiger partial charge >= 0.3 is 0 Å². The molecule has 100 valence electrons. The molecule has 0 aliphatic rings. The molecule has 0 saturated carbocycles. The van der Waals surface area contributed by atoms with Crippen LogP contribution in [0.5, 0.6) is 0 Å². The molecule has 0 bridgehead atoms. The van der Waals surface area contributed by atoms with E-state index in [1.165, 1.54) is 6.07 Å². The highest BCUT2D eigenvalue weighted by molar-refractivity contribution is 6.31. The Hall–Kier alpha value is -0.860. The predicted molar refractivity (Wildman–Crippen MR) is 76.5 cm³/mol. The van der Waals surface area contributed by atoms with Gasteiger partial charge in [-0.1, -0.05) is 36.2 Å². The van der Waals surface area contributed by atoms with Crippen LogP contribution < -0.4 is 5.32 Å². The van der Waals surface area contributed by atoms with Gasteiger partial charge in [-0.2, -0.15) is 0 Å². The van der Waals surface area contributed by atoms with Crippen LogP contribution in [-0.4, -0.2) is 6.54 Å². The Morgan fingerprint density at radius 3 is 2.83 bits per heavy atom. The third kappa shape index (κ3) is 4.43. The van der Waals surface area contributed by atoms with Crippen LogP contribution in [0.1, 0.15) is 44.7 Å². The van der Waals surface area contributed by atoms with E-state index in [9.17, 15) is 4.39 Å². The van der Waals surface area contributed by atoms with Gasteiger partial charge in [0.25, 0.3) is 0 Å². The Balaban J connectivity index is 2.86. The van der Waals surface area contributed by atoms with Crippen LogP contribution in [0.25, 0.3) is 0 Å². The molecule has 1 N–H and O–H groups in total. The molecule has 0 saturated heterocycles. The second-order valence-electron chi connectivity index (χ2n) is 4.65. The van der Waals surface area contributed by atoms with Crippen LogP contribution in [0.15, 0.2) is 30.4 Å².